The van der Waals surface area contributed by atoms with Gasteiger partial charge in [0, 0.05) is 34.0 Å². The van der Waals surface area contributed by atoms with Crippen molar-refractivity contribution in [2.45, 2.75) is 84.1 Å². The van der Waals surface area contributed by atoms with Crippen molar-refractivity contribution in [3.05, 3.63) is 101 Å². The summed E-state index contributed by atoms with van der Waals surface area (Å²) in [5.74, 6) is -2.20. The molecule has 3 heterocycles. The van der Waals surface area contributed by atoms with Crippen LogP contribution in [0.15, 0.2) is 73.1 Å². The van der Waals surface area contributed by atoms with Crippen LogP contribution in [-0.4, -0.2) is 45.6 Å². The molecule has 0 bridgehead atoms. The lowest BCUT2D eigenvalue weighted by molar-refractivity contribution is -0.672. The van der Waals surface area contributed by atoms with Crippen molar-refractivity contribution in [2.75, 3.05) is 5.01 Å². The van der Waals surface area contributed by atoms with Crippen LogP contribution in [0.1, 0.15) is 125 Å². The number of aromatic nitrogens is 1. The van der Waals surface area contributed by atoms with Crippen molar-refractivity contribution < 1.29 is 29.0 Å². The first-order valence-electron chi connectivity index (χ1n) is 18.5. The van der Waals surface area contributed by atoms with E-state index in [-0.39, 0.29) is 23.4 Å². The van der Waals surface area contributed by atoms with Gasteiger partial charge in [-0.05, 0) is 80.5 Å². The summed E-state index contributed by atoms with van der Waals surface area (Å²) in [7, 11) is 0. The summed E-state index contributed by atoms with van der Waals surface area (Å²) in [6.07, 6.45) is 13.2. The van der Waals surface area contributed by atoms with Crippen molar-refractivity contribution in [3.8, 4) is 0 Å². The number of imide groups is 2. The molecule has 4 amide bonds. The lowest BCUT2D eigenvalue weighted by Crippen LogP contribution is -2.64. The van der Waals surface area contributed by atoms with Crippen molar-refractivity contribution in [1.29, 1.82) is 5.41 Å². The van der Waals surface area contributed by atoms with Gasteiger partial charge >= 0.3 is 11.8 Å². The van der Waals surface area contributed by atoms with Crippen molar-refractivity contribution in [1.82, 2.24) is 4.90 Å². The van der Waals surface area contributed by atoms with E-state index in [4.69, 9.17) is 5.41 Å². The number of nitrogens with one attached hydrogen (secondary N) is 1. The van der Waals surface area contributed by atoms with Crippen LogP contribution in [-0.2, 0) is 0 Å². The van der Waals surface area contributed by atoms with Gasteiger partial charge in [-0.1, -0.05) is 94.2 Å². The zero-order valence-corrected chi connectivity index (χ0v) is 29.5. The average molecular weight is 694 g/mol. The van der Waals surface area contributed by atoms with E-state index in [0.29, 0.717) is 33.0 Å². The Bertz CT molecular complexity index is 2350. The van der Waals surface area contributed by atoms with Crippen LogP contribution in [0.4, 0.5) is 0 Å². The summed E-state index contributed by atoms with van der Waals surface area (Å²) in [4.78, 5) is 58.5. The van der Waals surface area contributed by atoms with E-state index in [1.54, 1.807) is 23.1 Å². The van der Waals surface area contributed by atoms with Gasteiger partial charge in [0.2, 0.25) is 18.3 Å². The molecule has 0 aliphatic carbocycles. The first-order valence-corrected chi connectivity index (χ1v) is 18.5. The predicted octanol–water partition coefficient (Wildman–Crippen LogP) is 8.75. The van der Waals surface area contributed by atoms with Gasteiger partial charge in [-0.3, -0.25) is 29.5 Å². The third kappa shape index (κ3) is 5.05. The molecule has 0 saturated carbocycles. The Balaban J connectivity index is 1.26. The highest BCUT2D eigenvalue weighted by Crippen LogP contribution is 2.46. The van der Waals surface area contributed by atoms with E-state index in [1.165, 1.54) is 23.1 Å². The number of hydrogen-bond acceptors (Lipinski definition) is 5. The van der Waals surface area contributed by atoms with Crippen LogP contribution in [0.3, 0.4) is 0 Å². The first-order chi connectivity index (χ1) is 25.3. The molecule has 9 heteroatoms. The van der Waals surface area contributed by atoms with E-state index in [9.17, 15) is 24.3 Å². The van der Waals surface area contributed by atoms with Gasteiger partial charge in [0.15, 0.2) is 0 Å². The quantitative estimate of drug-likeness (QED) is 0.0238. The maximum atomic E-state index is 14.4. The molecule has 6 aromatic rings. The van der Waals surface area contributed by atoms with Crippen LogP contribution in [0.2, 0.25) is 0 Å². The molecule has 0 unspecified atom stereocenters. The van der Waals surface area contributed by atoms with Crippen molar-refractivity contribution in [2.24, 2.45) is 0 Å². The Labute approximate surface area is 301 Å². The average Bonchev–Trinajstić information content (AvgIpc) is 3.15. The highest BCUT2D eigenvalue weighted by molar-refractivity contribution is 6.42. The molecule has 9 nitrogen and oxygen atoms in total. The standard InChI is InChI=1S/C43H40N4O5/c1-3-5-7-9-13-26(14-10-8-6-4-2)46-40(49)31-19-15-27-29-17-21-33-38-34(43(52)47(42(33)51)45-23-11-12-25(24-45)39(44)48)22-18-30(36(29)38)28-16-20-32(41(46)50)37(31)35(27)28/h11-12,15-24,26H,3-10,13-14H2,1-2H3,(H-,44,48)/p+1. The molecule has 0 radical (unpaired) electrons. The van der Waals surface area contributed by atoms with Crippen LogP contribution in [0, 0.1) is 5.41 Å². The number of amides is 4. The smallest absolute Gasteiger partial charge is 0.318 e. The molecule has 262 valence electrons. The number of hydrogen-bond donors (Lipinski definition) is 2. The SMILES string of the molecule is CCCCCCC(CCCCCC)N1C(=O)c2ccc3c4ccc5c6c(ccc(c7ccc(c2c37)C1=O)c64)C(=O)N([n+]1cccc(C(=N)O)c1)C5=O. The number of benzene rings is 5. The molecule has 2 N–H and O–H groups in total. The van der Waals surface area contributed by atoms with Crippen LogP contribution in [0.25, 0.3) is 43.1 Å². The molecule has 2 aliphatic rings. The third-order valence-corrected chi connectivity index (χ3v) is 11.1. The molecular formula is C43H41N4O5+. The van der Waals surface area contributed by atoms with Gasteiger partial charge in [-0.25, -0.2) is 0 Å². The fourth-order valence-electron chi connectivity index (χ4n) is 8.56. The van der Waals surface area contributed by atoms with Gasteiger partial charge in [0.1, 0.15) is 5.56 Å². The summed E-state index contributed by atoms with van der Waals surface area (Å²) in [6.45, 7) is 4.36. The summed E-state index contributed by atoms with van der Waals surface area (Å²) < 4.78 is 1.29. The molecule has 0 spiro atoms. The fourth-order valence-corrected chi connectivity index (χ4v) is 8.56. The minimum absolute atomic E-state index is 0.146. The molecule has 1 aromatic heterocycles. The predicted molar refractivity (Wildman–Crippen MR) is 202 cm³/mol. The Kier molecular flexibility index (Phi) is 8.44. The van der Waals surface area contributed by atoms with E-state index >= 15 is 0 Å². The third-order valence-electron chi connectivity index (χ3n) is 11.1. The highest BCUT2D eigenvalue weighted by atomic mass is 16.3. The summed E-state index contributed by atoms with van der Waals surface area (Å²) in [6, 6.07) is 17.7. The summed E-state index contributed by atoms with van der Waals surface area (Å²) in [5.41, 5.74) is 1.93. The van der Waals surface area contributed by atoms with Crippen LogP contribution in [0.5, 0.6) is 0 Å². The number of carbonyl (C=O) groups excluding carboxylic acids is 4. The number of fused-ring (bicyclic) bond motifs is 2. The number of carbonyl (C=O) groups is 4. The minimum Gasteiger partial charge on any atom is -0.493 e. The molecule has 5 aromatic carbocycles. The molecule has 2 aliphatic heterocycles. The summed E-state index contributed by atoms with van der Waals surface area (Å²) >= 11 is 0. The Hall–Kier alpha value is -5.70. The highest BCUT2D eigenvalue weighted by Gasteiger charge is 2.42. The molecule has 52 heavy (non-hydrogen) atoms. The molecule has 0 atom stereocenters. The van der Waals surface area contributed by atoms with Crippen molar-refractivity contribution in [3.63, 3.8) is 0 Å². The van der Waals surface area contributed by atoms with Crippen molar-refractivity contribution >= 4 is 72.6 Å². The molecule has 0 fully saturated rings. The zero-order valence-electron chi connectivity index (χ0n) is 29.5. The van der Waals surface area contributed by atoms with Gasteiger partial charge in [-0.2, -0.15) is 0 Å². The minimum atomic E-state index is -0.676. The van der Waals surface area contributed by atoms with E-state index in [1.807, 2.05) is 36.4 Å². The molecular weight excluding hydrogens is 652 g/mol. The maximum absolute atomic E-state index is 14.4. The first kappa shape index (κ1) is 33.4. The number of aliphatic hydroxyl groups excluding tert-OH is 1. The van der Waals surface area contributed by atoms with Crippen LogP contribution >= 0.6 is 0 Å². The normalized spacial score (nSPS) is 14.4. The lowest BCUT2D eigenvalue weighted by Gasteiger charge is -2.35. The largest absolute Gasteiger partial charge is 0.493 e. The van der Waals surface area contributed by atoms with E-state index < -0.39 is 17.7 Å². The second-order valence-corrected chi connectivity index (χ2v) is 14.2. The van der Waals surface area contributed by atoms with E-state index in [2.05, 4.69) is 13.8 Å². The molecule has 0 saturated heterocycles. The number of rotatable bonds is 13. The van der Waals surface area contributed by atoms with Crippen LogP contribution < -0.4 is 9.69 Å². The monoisotopic (exact) mass is 693 g/mol. The molecule has 8 rings (SSSR count). The Morgan fingerprint density at radius 2 is 1.06 bits per heavy atom. The number of pyridine rings is 1. The van der Waals surface area contributed by atoms with Gasteiger partial charge in [0.25, 0.3) is 11.8 Å². The maximum Gasteiger partial charge on any atom is 0.318 e. The summed E-state index contributed by atoms with van der Waals surface area (Å²) in [5, 5.41) is 24.6. The second-order valence-electron chi connectivity index (χ2n) is 14.2. The number of nitrogens with zero attached hydrogens (tertiary/aromatic N) is 3. The van der Waals surface area contributed by atoms with E-state index in [0.717, 1.165) is 102 Å². The number of aliphatic hydroxyl groups is 1. The topological polar surface area (TPSA) is 123 Å². The van der Waals surface area contributed by atoms with Gasteiger partial charge in [-0.15, -0.1) is 0 Å². The van der Waals surface area contributed by atoms with Gasteiger partial charge in [0.05, 0.1) is 11.1 Å². The Morgan fingerprint density at radius 3 is 1.48 bits per heavy atom. The zero-order chi connectivity index (χ0) is 36.3. The number of unbranched alkanes of at least 4 members (excludes halogenated alkanes) is 6. The van der Waals surface area contributed by atoms with Gasteiger partial charge < -0.3 is 5.11 Å². The lowest BCUT2D eigenvalue weighted by atomic mass is 9.82. The Morgan fingerprint density at radius 1 is 0.615 bits per heavy atom. The second kappa shape index (κ2) is 13.1. The fraction of sp³-hybridized carbons (Fsp3) is 0.302.